The Kier molecular flexibility index (Phi) is 5.21. The molecule has 21 heavy (non-hydrogen) atoms. The van der Waals surface area contributed by atoms with E-state index in [0.717, 1.165) is 0 Å². The Morgan fingerprint density at radius 3 is 2.67 bits per heavy atom. The largest absolute Gasteiger partial charge is 0.394 e. The van der Waals surface area contributed by atoms with Crippen molar-refractivity contribution in [3.05, 3.63) is 30.1 Å². The number of ether oxygens (including phenoxy) is 1. The van der Waals surface area contributed by atoms with Gasteiger partial charge in [-0.2, -0.15) is 0 Å². The second kappa shape index (κ2) is 6.92. The maximum absolute atomic E-state index is 11.9. The summed E-state index contributed by atoms with van der Waals surface area (Å²) < 4.78 is 4.95. The summed E-state index contributed by atoms with van der Waals surface area (Å²) in [5.41, 5.74) is 0.532. The lowest BCUT2D eigenvalue weighted by Crippen LogP contribution is -2.64. The van der Waals surface area contributed by atoms with Crippen LogP contribution in [0.5, 0.6) is 0 Å². The van der Waals surface area contributed by atoms with Gasteiger partial charge < -0.3 is 30.5 Å². The first kappa shape index (κ1) is 15.8. The number of aliphatic hydroxyl groups is 4. The van der Waals surface area contributed by atoms with Crippen molar-refractivity contribution in [3.8, 4) is 0 Å². The van der Waals surface area contributed by atoms with Crippen molar-refractivity contribution < 1.29 is 30.0 Å². The van der Waals surface area contributed by atoms with Crippen LogP contribution in [0.1, 0.15) is 5.69 Å². The summed E-state index contributed by atoms with van der Waals surface area (Å²) >= 11 is 0. The van der Waals surface area contributed by atoms with Crippen LogP contribution in [0.2, 0.25) is 0 Å². The lowest BCUT2D eigenvalue weighted by molar-refractivity contribution is -0.253. The fourth-order valence-electron chi connectivity index (χ4n) is 2.16. The standard InChI is InChI=1S/C13H18N2O6/c16-6-8-11(18)12(19)10(13(20)21-8)15-9(17)5-7-3-1-2-4-14-7/h1-4,8,10-13,16,18-20H,5-6H2,(H,15,17)/t8-,10-,11-,12-,13-/m1/s1. The summed E-state index contributed by atoms with van der Waals surface area (Å²) in [5, 5.41) is 40.7. The molecule has 2 heterocycles. The van der Waals surface area contributed by atoms with Gasteiger partial charge >= 0.3 is 0 Å². The molecular formula is C13H18N2O6. The Bertz CT molecular complexity index is 471. The number of amides is 1. The van der Waals surface area contributed by atoms with Crippen molar-refractivity contribution in [1.82, 2.24) is 10.3 Å². The van der Waals surface area contributed by atoms with Crippen LogP contribution in [0, 0.1) is 0 Å². The van der Waals surface area contributed by atoms with Gasteiger partial charge in [0.2, 0.25) is 5.91 Å². The summed E-state index contributed by atoms with van der Waals surface area (Å²) in [6, 6.07) is 3.94. The molecule has 0 saturated carbocycles. The average molecular weight is 298 g/mol. The van der Waals surface area contributed by atoms with Crippen molar-refractivity contribution in [2.45, 2.75) is 37.1 Å². The third kappa shape index (κ3) is 3.74. The van der Waals surface area contributed by atoms with E-state index in [1.807, 2.05) is 0 Å². The second-order valence-corrected chi connectivity index (χ2v) is 4.82. The summed E-state index contributed by atoms with van der Waals surface area (Å²) in [6.45, 7) is -0.552. The molecule has 5 atom stereocenters. The van der Waals surface area contributed by atoms with E-state index in [0.29, 0.717) is 5.69 Å². The van der Waals surface area contributed by atoms with Crippen molar-refractivity contribution in [2.24, 2.45) is 0 Å². The summed E-state index contributed by atoms with van der Waals surface area (Å²) in [5.74, 6) is -0.477. The number of nitrogens with zero attached hydrogens (tertiary/aromatic N) is 1. The van der Waals surface area contributed by atoms with Gasteiger partial charge in [-0.05, 0) is 12.1 Å². The van der Waals surface area contributed by atoms with Crippen molar-refractivity contribution >= 4 is 5.91 Å². The monoisotopic (exact) mass is 298 g/mol. The predicted octanol–water partition coefficient (Wildman–Crippen LogP) is -2.46. The third-order valence-corrected chi connectivity index (χ3v) is 3.30. The molecule has 1 aliphatic rings. The fraction of sp³-hybridized carbons (Fsp3) is 0.538. The van der Waals surface area contributed by atoms with Crippen LogP contribution in [0.3, 0.4) is 0 Å². The Balaban J connectivity index is 1.96. The molecule has 116 valence electrons. The average Bonchev–Trinajstić information content (AvgIpc) is 2.48. The van der Waals surface area contributed by atoms with E-state index in [-0.39, 0.29) is 6.42 Å². The first-order chi connectivity index (χ1) is 10.0. The normalized spacial score (nSPS) is 32.7. The number of hydrogen-bond acceptors (Lipinski definition) is 7. The maximum atomic E-state index is 11.9. The smallest absolute Gasteiger partial charge is 0.226 e. The zero-order chi connectivity index (χ0) is 15.4. The maximum Gasteiger partial charge on any atom is 0.226 e. The number of aliphatic hydroxyl groups excluding tert-OH is 4. The lowest BCUT2D eigenvalue weighted by Gasteiger charge is -2.40. The number of pyridine rings is 1. The Morgan fingerprint density at radius 1 is 1.29 bits per heavy atom. The molecular weight excluding hydrogens is 280 g/mol. The van der Waals surface area contributed by atoms with Gasteiger partial charge in [-0.25, -0.2) is 0 Å². The Labute approximate surface area is 121 Å². The molecule has 8 heteroatoms. The molecule has 0 aliphatic carbocycles. The molecule has 0 spiro atoms. The zero-order valence-corrected chi connectivity index (χ0v) is 11.2. The zero-order valence-electron chi connectivity index (χ0n) is 11.2. The SMILES string of the molecule is O=C(Cc1ccccn1)N[C@@H]1[C@@H](O)[C@H](O)[C@@H](CO)O[C@H]1O. The van der Waals surface area contributed by atoms with Gasteiger partial charge in [0.05, 0.1) is 13.0 Å². The van der Waals surface area contributed by atoms with Gasteiger partial charge in [-0.3, -0.25) is 9.78 Å². The van der Waals surface area contributed by atoms with Gasteiger partial charge in [0.1, 0.15) is 24.4 Å². The topological polar surface area (TPSA) is 132 Å². The number of nitrogens with one attached hydrogen (secondary N) is 1. The molecule has 1 aromatic heterocycles. The van der Waals surface area contributed by atoms with E-state index in [9.17, 15) is 20.1 Å². The molecule has 1 amide bonds. The van der Waals surface area contributed by atoms with Gasteiger partial charge in [-0.1, -0.05) is 6.07 Å². The summed E-state index contributed by atoms with van der Waals surface area (Å²) in [7, 11) is 0. The first-order valence-corrected chi connectivity index (χ1v) is 6.52. The number of carbonyl (C=O) groups excluding carboxylic acids is 1. The molecule has 0 aromatic carbocycles. The van der Waals surface area contributed by atoms with Crippen LogP contribution in [0.4, 0.5) is 0 Å². The van der Waals surface area contributed by atoms with Gasteiger partial charge in [-0.15, -0.1) is 0 Å². The predicted molar refractivity (Wildman–Crippen MR) is 69.9 cm³/mol. The third-order valence-electron chi connectivity index (χ3n) is 3.30. The van der Waals surface area contributed by atoms with Crippen molar-refractivity contribution in [1.29, 1.82) is 0 Å². The summed E-state index contributed by atoms with van der Waals surface area (Å²) in [4.78, 5) is 15.9. The number of rotatable bonds is 4. The first-order valence-electron chi connectivity index (χ1n) is 6.52. The van der Waals surface area contributed by atoms with E-state index in [1.54, 1.807) is 24.4 Å². The van der Waals surface area contributed by atoms with E-state index in [4.69, 9.17) is 9.84 Å². The molecule has 1 saturated heterocycles. The minimum Gasteiger partial charge on any atom is -0.394 e. The fourth-order valence-corrected chi connectivity index (χ4v) is 2.16. The van der Waals surface area contributed by atoms with Crippen molar-refractivity contribution in [2.75, 3.05) is 6.61 Å². The highest BCUT2D eigenvalue weighted by molar-refractivity contribution is 5.78. The van der Waals surface area contributed by atoms with Gasteiger partial charge in [0.25, 0.3) is 0 Å². The van der Waals surface area contributed by atoms with Crippen LogP contribution in [-0.2, 0) is 16.0 Å². The molecule has 0 radical (unpaired) electrons. The number of aromatic nitrogens is 1. The van der Waals surface area contributed by atoms with Gasteiger partial charge in [0.15, 0.2) is 6.29 Å². The van der Waals surface area contributed by atoms with Crippen LogP contribution in [0.25, 0.3) is 0 Å². The molecule has 1 aromatic rings. The molecule has 1 fully saturated rings. The van der Waals surface area contributed by atoms with Crippen LogP contribution < -0.4 is 5.32 Å². The van der Waals surface area contributed by atoms with E-state index >= 15 is 0 Å². The lowest BCUT2D eigenvalue weighted by atomic mass is 9.97. The second-order valence-electron chi connectivity index (χ2n) is 4.82. The molecule has 1 aliphatic heterocycles. The highest BCUT2D eigenvalue weighted by Gasteiger charge is 2.44. The molecule has 2 rings (SSSR count). The number of hydrogen-bond donors (Lipinski definition) is 5. The van der Waals surface area contributed by atoms with E-state index < -0.39 is 43.2 Å². The molecule has 8 nitrogen and oxygen atoms in total. The van der Waals surface area contributed by atoms with Crippen LogP contribution in [-0.4, -0.2) is 68.6 Å². The highest BCUT2D eigenvalue weighted by atomic mass is 16.6. The quantitative estimate of drug-likeness (QED) is 0.416. The van der Waals surface area contributed by atoms with Gasteiger partial charge in [0, 0.05) is 11.9 Å². The van der Waals surface area contributed by atoms with E-state index in [2.05, 4.69) is 10.3 Å². The minimum atomic E-state index is -1.52. The number of carbonyl (C=O) groups is 1. The molecule has 5 N–H and O–H groups in total. The van der Waals surface area contributed by atoms with Crippen molar-refractivity contribution in [3.63, 3.8) is 0 Å². The highest BCUT2D eigenvalue weighted by Crippen LogP contribution is 2.19. The Morgan fingerprint density at radius 2 is 2.05 bits per heavy atom. The van der Waals surface area contributed by atoms with E-state index in [1.165, 1.54) is 0 Å². The molecule has 0 bridgehead atoms. The minimum absolute atomic E-state index is 0.0314. The van der Waals surface area contributed by atoms with Crippen LogP contribution >= 0.6 is 0 Å². The summed E-state index contributed by atoms with van der Waals surface area (Å²) in [6.07, 6.45) is -3.95. The van der Waals surface area contributed by atoms with Crippen LogP contribution in [0.15, 0.2) is 24.4 Å². The molecule has 0 unspecified atom stereocenters. The Hall–Kier alpha value is -1.58.